The summed E-state index contributed by atoms with van der Waals surface area (Å²) in [6, 6.07) is 9.59. The normalized spacial score (nSPS) is 11.8. The third kappa shape index (κ3) is 6.33. The van der Waals surface area contributed by atoms with Gasteiger partial charge < -0.3 is 10.6 Å². The van der Waals surface area contributed by atoms with Gasteiger partial charge in [0.05, 0.1) is 11.0 Å². The number of rotatable bonds is 8. The van der Waals surface area contributed by atoms with Crippen molar-refractivity contribution >= 4 is 40.6 Å². The molecule has 0 spiro atoms. The number of carbonyl (C=O) groups excluding carboxylic acids is 2. The highest BCUT2D eigenvalue weighted by molar-refractivity contribution is 8.01. The van der Waals surface area contributed by atoms with Crippen LogP contribution in [0.5, 0.6) is 0 Å². The Morgan fingerprint density at radius 2 is 2.00 bits per heavy atom. The molecule has 0 aliphatic rings. The molecule has 1 heterocycles. The molecule has 1 aromatic carbocycles. The Balaban J connectivity index is 1.65. The van der Waals surface area contributed by atoms with Crippen LogP contribution in [0, 0.1) is 5.82 Å². The van der Waals surface area contributed by atoms with E-state index >= 15 is 0 Å². The lowest BCUT2D eigenvalue weighted by molar-refractivity contribution is -0.120. The highest BCUT2D eigenvalue weighted by Gasteiger charge is 2.15. The van der Waals surface area contributed by atoms with E-state index in [-0.39, 0.29) is 28.6 Å². The lowest BCUT2D eigenvalue weighted by Crippen LogP contribution is -2.33. The molecule has 2 aromatic rings. The summed E-state index contributed by atoms with van der Waals surface area (Å²) in [6.07, 6.45) is 0.811. The summed E-state index contributed by atoms with van der Waals surface area (Å²) in [7, 11) is 0. The van der Waals surface area contributed by atoms with E-state index in [2.05, 4.69) is 10.6 Å². The van der Waals surface area contributed by atoms with E-state index in [0.29, 0.717) is 12.2 Å². The van der Waals surface area contributed by atoms with Gasteiger partial charge in [-0.25, -0.2) is 4.39 Å². The number of carbonyl (C=O) groups is 2. The number of anilines is 1. The molecule has 0 fully saturated rings. The van der Waals surface area contributed by atoms with Gasteiger partial charge in [-0.05, 0) is 49.1 Å². The summed E-state index contributed by atoms with van der Waals surface area (Å²) >= 11 is 2.93. The van der Waals surface area contributed by atoms with Crippen molar-refractivity contribution in [1.29, 1.82) is 0 Å². The number of thioether (sulfide) groups is 1. The summed E-state index contributed by atoms with van der Waals surface area (Å²) in [4.78, 5) is 25.0. The van der Waals surface area contributed by atoms with Gasteiger partial charge in [0.1, 0.15) is 5.82 Å². The van der Waals surface area contributed by atoms with Gasteiger partial charge in [-0.1, -0.05) is 6.07 Å². The van der Waals surface area contributed by atoms with Crippen molar-refractivity contribution in [3.8, 4) is 0 Å². The molecule has 0 bridgehead atoms. The van der Waals surface area contributed by atoms with E-state index in [0.717, 1.165) is 6.42 Å². The Morgan fingerprint density at radius 3 is 2.67 bits per heavy atom. The lowest BCUT2D eigenvalue weighted by Gasteiger charge is -2.12. The number of nitrogens with one attached hydrogen (secondary N) is 2. The van der Waals surface area contributed by atoms with Crippen LogP contribution in [0.15, 0.2) is 41.8 Å². The third-order valence-electron chi connectivity index (χ3n) is 3.21. The van der Waals surface area contributed by atoms with Crippen LogP contribution in [0.1, 0.15) is 11.8 Å². The Bertz CT molecular complexity index is 660. The molecule has 2 N–H and O–H groups in total. The van der Waals surface area contributed by atoms with Crippen molar-refractivity contribution in [2.24, 2.45) is 0 Å². The summed E-state index contributed by atoms with van der Waals surface area (Å²) in [5.74, 6) is -0.483. The zero-order chi connectivity index (χ0) is 17.4. The maximum absolute atomic E-state index is 12.8. The largest absolute Gasteiger partial charge is 0.355 e. The topological polar surface area (TPSA) is 58.2 Å². The van der Waals surface area contributed by atoms with E-state index in [9.17, 15) is 14.0 Å². The van der Waals surface area contributed by atoms with Gasteiger partial charge >= 0.3 is 0 Å². The first-order chi connectivity index (χ1) is 11.5. The van der Waals surface area contributed by atoms with Crippen LogP contribution in [0.3, 0.4) is 0 Å². The molecule has 2 rings (SSSR count). The van der Waals surface area contributed by atoms with Crippen molar-refractivity contribution in [3.05, 3.63) is 52.5 Å². The van der Waals surface area contributed by atoms with Gasteiger partial charge in [0.2, 0.25) is 11.8 Å². The minimum absolute atomic E-state index is 0.0776. The van der Waals surface area contributed by atoms with Crippen LogP contribution < -0.4 is 10.6 Å². The maximum Gasteiger partial charge on any atom is 0.234 e. The Morgan fingerprint density at radius 1 is 1.25 bits per heavy atom. The van der Waals surface area contributed by atoms with Crippen LogP contribution >= 0.6 is 23.1 Å². The zero-order valence-electron chi connectivity index (χ0n) is 13.3. The van der Waals surface area contributed by atoms with Crippen molar-refractivity contribution in [1.82, 2.24) is 5.32 Å². The smallest absolute Gasteiger partial charge is 0.234 e. The number of halogens is 1. The standard InChI is InChI=1S/C17H19FN2O2S2/c1-12(17(22)19-9-8-15-3-2-10-23-15)24-11-16(21)20-14-6-4-13(18)5-7-14/h2-7,10,12H,8-9,11H2,1H3,(H,19,22)(H,20,21). The molecule has 24 heavy (non-hydrogen) atoms. The first-order valence-corrected chi connectivity index (χ1v) is 9.44. The molecule has 0 saturated carbocycles. The van der Waals surface area contributed by atoms with E-state index in [1.165, 1.54) is 40.9 Å². The SMILES string of the molecule is CC(SCC(=O)Nc1ccc(F)cc1)C(=O)NCCc1cccs1. The van der Waals surface area contributed by atoms with Crippen LogP contribution in [0.2, 0.25) is 0 Å². The van der Waals surface area contributed by atoms with E-state index in [1.54, 1.807) is 18.3 Å². The average molecular weight is 366 g/mol. The highest BCUT2D eigenvalue weighted by Crippen LogP contribution is 2.13. The maximum atomic E-state index is 12.8. The second kappa shape index (κ2) is 9.44. The average Bonchev–Trinajstić information content (AvgIpc) is 3.08. The van der Waals surface area contributed by atoms with Gasteiger partial charge in [0.25, 0.3) is 0 Å². The fourth-order valence-electron chi connectivity index (χ4n) is 1.91. The quantitative estimate of drug-likeness (QED) is 0.754. The summed E-state index contributed by atoms with van der Waals surface area (Å²) in [5, 5.41) is 7.24. The Hall–Kier alpha value is -1.86. The molecule has 2 amide bonds. The number of hydrogen-bond acceptors (Lipinski definition) is 4. The minimum atomic E-state index is -0.352. The second-order valence-electron chi connectivity index (χ2n) is 5.13. The van der Waals surface area contributed by atoms with Crippen molar-refractivity contribution < 1.29 is 14.0 Å². The van der Waals surface area contributed by atoms with E-state index in [1.807, 2.05) is 17.5 Å². The molecule has 1 unspecified atom stereocenters. The molecular weight excluding hydrogens is 347 g/mol. The third-order valence-corrected chi connectivity index (χ3v) is 5.29. The zero-order valence-corrected chi connectivity index (χ0v) is 14.9. The fourth-order valence-corrected chi connectivity index (χ4v) is 3.33. The Kier molecular flexibility index (Phi) is 7.27. The van der Waals surface area contributed by atoms with Gasteiger partial charge in [-0.15, -0.1) is 23.1 Å². The molecule has 7 heteroatoms. The number of hydrogen-bond donors (Lipinski definition) is 2. The van der Waals surface area contributed by atoms with Crippen molar-refractivity contribution in [3.63, 3.8) is 0 Å². The summed E-state index contributed by atoms with van der Waals surface area (Å²) in [6.45, 7) is 2.36. The first kappa shape index (κ1) is 18.5. The van der Waals surface area contributed by atoms with E-state index in [4.69, 9.17) is 0 Å². The lowest BCUT2D eigenvalue weighted by atomic mass is 10.3. The van der Waals surface area contributed by atoms with Crippen LogP contribution in [-0.2, 0) is 16.0 Å². The van der Waals surface area contributed by atoms with E-state index < -0.39 is 0 Å². The molecule has 0 aliphatic carbocycles. The van der Waals surface area contributed by atoms with Gasteiger partial charge in [0.15, 0.2) is 0 Å². The fraction of sp³-hybridized carbons (Fsp3) is 0.294. The first-order valence-electron chi connectivity index (χ1n) is 7.51. The summed E-state index contributed by atoms with van der Waals surface area (Å²) in [5.41, 5.74) is 0.537. The number of benzene rings is 1. The van der Waals surface area contributed by atoms with Crippen LogP contribution in [0.4, 0.5) is 10.1 Å². The van der Waals surface area contributed by atoms with Gasteiger partial charge in [-0.2, -0.15) is 0 Å². The molecule has 0 aliphatic heterocycles. The van der Waals surface area contributed by atoms with Crippen LogP contribution in [-0.4, -0.2) is 29.4 Å². The molecule has 128 valence electrons. The number of amides is 2. The molecule has 4 nitrogen and oxygen atoms in total. The van der Waals surface area contributed by atoms with Gasteiger partial charge in [0, 0.05) is 17.1 Å². The molecule has 1 aromatic heterocycles. The predicted octanol–water partition coefficient (Wildman–Crippen LogP) is 3.31. The van der Waals surface area contributed by atoms with Crippen LogP contribution in [0.25, 0.3) is 0 Å². The highest BCUT2D eigenvalue weighted by atomic mass is 32.2. The molecule has 1 atom stereocenters. The molecule has 0 radical (unpaired) electrons. The number of thiophene rings is 1. The second-order valence-corrected chi connectivity index (χ2v) is 7.49. The molecule has 0 saturated heterocycles. The van der Waals surface area contributed by atoms with Gasteiger partial charge in [-0.3, -0.25) is 9.59 Å². The predicted molar refractivity (Wildman–Crippen MR) is 98.0 cm³/mol. The minimum Gasteiger partial charge on any atom is -0.355 e. The Labute approximate surface area is 148 Å². The van der Waals surface area contributed by atoms with Crippen molar-refractivity contribution in [2.45, 2.75) is 18.6 Å². The monoisotopic (exact) mass is 366 g/mol. The molecular formula is C17H19FN2O2S2. The summed E-state index contributed by atoms with van der Waals surface area (Å²) < 4.78 is 12.8. The van der Waals surface area contributed by atoms with Crippen molar-refractivity contribution in [2.75, 3.05) is 17.6 Å².